The van der Waals surface area contributed by atoms with Gasteiger partial charge >= 0.3 is 5.69 Å². The van der Waals surface area contributed by atoms with Gasteiger partial charge in [-0.15, -0.1) is 11.3 Å². The number of aromatic amines is 1. The first kappa shape index (κ1) is 11.9. The van der Waals surface area contributed by atoms with E-state index in [1.165, 1.54) is 15.9 Å². The molecular formula is C13H11N3O2S. The molecule has 0 unspecified atom stereocenters. The number of aryl methyl sites for hydroxylation is 1. The number of hydrogen-bond donors (Lipinski definition) is 1. The molecule has 0 bridgehead atoms. The van der Waals surface area contributed by atoms with Crippen LogP contribution in [0.15, 0.2) is 39.2 Å². The van der Waals surface area contributed by atoms with Gasteiger partial charge in [-0.2, -0.15) is 0 Å². The lowest BCUT2D eigenvalue weighted by molar-refractivity contribution is 0.706. The SMILES string of the molecule is Cc1csc(Cn2c(=O)[nH]c3ccccc3c2=O)n1. The first-order chi connectivity index (χ1) is 9.15. The summed E-state index contributed by atoms with van der Waals surface area (Å²) in [6.07, 6.45) is 0. The average molecular weight is 273 g/mol. The highest BCUT2D eigenvalue weighted by Gasteiger charge is 2.09. The summed E-state index contributed by atoms with van der Waals surface area (Å²) in [7, 11) is 0. The minimum absolute atomic E-state index is 0.206. The lowest BCUT2D eigenvalue weighted by Crippen LogP contribution is -2.35. The Morgan fingerprint density at radius 3 is 2.84 bits per heavy atom. The van der Waals surface area contributed by atoms with Gasteiger partial charge in [-0.05, 0) is 19.1 Å². The molecule has 3 aromatic rings. The van der Waals surface area contributed by atoms with Crippen molar-refractivity contribution < 1.29 is 0 Å². The summed E-state index contributed by atoms with van der Waals surface area (Å²) in [6, 6.07) is 6.99. The molecule has 19 heavy (non-hydrogen) atoms. The molecule has 0 fully saturated rings. The average Bonchev–Trinajstić information content (AvgIpc) is 2.80. The summed E-state index contributed by atoms with van der Waals surface area (Å²) in [5, 5.41) is 3.16. The van der Waals surface area contributed by atoms with Crippen LogP contribution in [0.4, 0.5) is 0 Å². The Morgan fingerprint density at radius 1 is 1.32 bits per heavy atom. The Balaban J connectivity index is 2.18. The molecule has 0 saturated carbocycles. The van der Waals surface area contributed by atoms with Gasteiger partial charge in [0, 0.05) is 11.1 Å². The minimum Gasteiger partial charge on any atom is -0.307 e. The van der Waals surface area contributed by atoms with Gasteiger partial charge in [0.05, 0.1) is 17.4 Å². The Morgan fingerprint density at radius 2 is 2.11 bits per heavy atom. The van der Waals surface area contributed by atoms with Crippen LogP contribution in [-0.2, 0) is 6.54 Å². The summed E-state index contributed by atoms with van der Waals surface area (Å²) < 4.78 is 1.18. The zero-order chi connectivity index (χ0) is 13.4. The normalized spacial score (nSPS) is 11.0. The Labute approximate surface area is 112 Å². The smallest absolute Gasteiger partial charge is 0.307 e. The second-order valence-corrected chi connectivity index (χ2v) is 5.19. The zero-order valence-electron chi connectivity index (χ0n) is 10.2. The molecule has 0 saturated heterocycles. The highest BCUT2D eigenvalue weighted by molar-refractivity contribution is 7.09. The van der Waals surface area contributed by atoms with E-state index in [-0.39, 0.29) is 12.1 Å². The number of rotatable bonds is 2. The summed E-state index contributed by atoms with van der Waals surface area (Å²) in [5.41, 5.74) is 0.762. The minimum atomic E-state index is -0.406. The van der Waals surface area contributed by atoms with E-state index in [1.54, 1.807) is 24.3 Å². The van der Waals surface area contributed by atoms with Crippen molar-refractivity contribution in [2.24, 2.45) is 0 Å². The Bertz CT molecular complexity index is 860. The van der Waals surface area contributed by atoms with Crippen LogP contribution in [0.5, 0.6) is 0 Å². The first-order valence-electron chi connectivity index (χ1n) is 5.78. The predicted molar refractivity (Wildman–Crippen MR) is 74.8 cm³/mol. The zero-order valence-corrected chi connectivity index (χ0v) is 11.0. The van der Waals surface area contributed by atoms with Crippen LogP contribution in [0, 0.1) is 6.92 Å². The van der Waals surface area contributed by atoms with Gasteiger partial charge in [-0.3, -0.25) is 9.36 Å². The van der Waals surface area contributed by atoms with Crippen molar-refractivity contribution >= 4 is 22.2 Å². The van der Waals surface area contributed by atoms with Gasteiger partial charge in [0.2, 0.25) is 0 Å². The Kier molecular flexibility index (Phi) is 2.79. The number of thiazole rings is 1. The summed E-state index contributed by atoms with van der Waals surface area (Å²) in [5.74, 6) is 0. The van der Waals surface area contributed by atoms with Crippen LogP contribution in [-0.4, -0.2) is 14.5 Å². The fraction of sp³-hybridized carbons (Fsp3) is 0.154. The summed E-state index contributed by atoms with van der Waals surface area (Å²) in [4.78, 5) is 31.2. The van der Waals surface area contributed by atoms with Crippen molar-refractivity contribution in [3.05, 3.63) is 61.2 Å². The molecule has 0 aliphatic rings. The number of aromatic nitrogens is 3. The molecule has 2 heterocycles. The van der Waals surface area contributed by atoms with E-state index in [1.807, 2.05) is 12.3 Å². The first-order valence-corrected chi connectivity index (χ1v) is 6.66. The number of nitrogens with zero attached hydrogens (tertiary/aromatic N) is 2. The lowest BCUT2D eigenvalue weighted by Gasteiger charge is -2.04. The van der Waals surface area contributed by atoms with E-state index in [0.29, 0.717) is 10.9 Å². The van der Waals surface area contributed by atoms with E-state index < -0.39 is 5.69 Å². The summed E-state index contributed by atoms with van der Waals surface area (Å²) in [6.45, 7) is 2.09. The molecule has 0 spiro atoms. The van der Waals surface area contributed by atoms with E-state index >= 15 is 0 Å². The monoisotopic (exact) mass is 273 g/mol. The van der Waals surface area contributed by atoms with Gasteiger partial charge in [0.15, 0.2) is 0 Å². The van der Waals surface area contributed by atoms with Gasteiger partial charge in [-0.25, -0.2) is 9.78 Å². The number of benzene rings is 1. The number of fused-ring (bicyclic) bond motifs is 1. The van der Waals surface area contributed by atoms with Crippen molar-refractivity contribution in [3.8, 4) is 0 Å². The molecule has 2 aromatic heterocycles. The van der Waals surface area contributed by atoms with Gasteiger partial charge in [0.1, 0.15) is 5.01 Å². The lowest BCUT2D eigenvalue weighted by atomic mass is 10.2. The van der Waals surface area contributed by atoms with Crippen molar-refractivity contribution in [1.82, 2.24) is 14.5 Å². The quantitative estimate of drug-likeness (QED) is 0.769. The van der Waals surface area contributed by atoms with Gasteiger partial charge in [-0.1, -0.05) is 12.1 Å². The van der Waals surface area contributed by atoms with Crippen molar-refractivity contribution in [3.63, 3.8) is 0 Å². The molecule has 6 heteroatoms. The maximum absolute atomic E-state index is 12.3. The number of H-pyrrole nitrogens is 1. The van der Waals surface area contributed by atoms with Crippen LogP contribution < -0.4 is 11.2 Å². The molecule has 1 N–H and O–H groups in total. The molecule has 0 aliphatic heterocycles. The van der Waals surface area contributed by atoms with Crippen molar-refractivity contribution in [2.75, 3.05) is 0 Å². The van der Waals surface area contributed by atoms with Crippen LogP contribution >= 0.6 is 11.3 Å². The molecule has 5 nitrogen and oxygen atoms in total. The third-order valence-corrected chi connectivity index (χ3v) is 3.80. The van der Waals surface area contributed by atoms with Crippen molar-refractivity contribution in [1.29, 1.82) is 0 Å². The molecular weight excluding hydrogens is 262 g/mol. The topological polar surface area (TPSA) is 67.8 Å². The molecule has 0 atom stereocenters. The van der Waals surface area contributed by atoms with E-state index in [4.69, 9.17) is 0 Å². The third-order valence-electron chi connectivity index (χ3n) is 2.85. The highest BCUT2D eigenvalue weighted by Crippen LogP contribution is 2.09. The predicted octanol–water partition coefficient (Wildman–Crippen LogP) is 1.50. The second kappa shape index (κ2) is 4.47. The number of para-hydroxylation sites is 1. The van der Waals surface area contributed by atoms with Gasteiger partial charge < -0.3 is 4.98 Å². The number of hydrogen-bond acceptors (Lipinski definition) is 4. The van der Waals surface area contributed by atoms with Gasteiger partial charge in [0.25, 0.3) is 5.56 Å². The summed E-state index contributed by atoms with van der Waals surface area (Å²) >= 11 is 1.44. The fourth-order valence-electron chi connectivity index (χ4n) is 1.95. The van der Waals surface area contributed by atoms with Crippen LogP contribution in [0.2, 0.25) is 0 Å². The molecule has 0 aliphatic carbocycles. The molecule has 96 valence electrons. The maximum Gasteiger partial charge on any atom is 0.329 e. The largest absolute Gasteiger partial charge is 0.329 e. The molecule has 0 amide bonds. The maximum atomic E-state index is 12.3. The highest BCUT2D eigenvalue weighted by atomic mass is 32.1. The molecule has 1 aromatic carbocycles. The fourth-order valence-corrected chi connectivity index (χ4v) is 2.71. The second-order valence-electron chi connectivity index (χ2n) is 4.25. The van der Waals surface area contributed by atoms with Crippen LogP contribution in [0.1, 0.15) is 10.7 Å². The third kappa shape index (κ3) is 2.10. The Hall–Kier alpha value is -2.21. The van der Waals surface area contributed by atoms with Crippen LogP contribution in [0.25, 0.3) is 10.9 Å². The van der Waals surface area contributed by atoms with Crippen molar-refractivity contribution in [2.45, 2.75) is 13.5 Å². The van der Waals surface area contributed by atoms with E-state index in [2.05, 4.69) is 9.97 Å². The standard InChI is InChI=1S/C13H11N3O2S/c1-8-7-19-11(14-8)6-16-12(17)9-4-2-3-5-10(9)15-13(16)18/h2-5,7H,6H2,1H3,(H,15,18). The molecule has 3 rings (SSSR count). The van der Waals surface area contributed by atoms with Crippen LogP contribution in [0.3, 0.4) is 0 Å². The van der Waals surface area contributed by atoms with E-state index in [0.717, 1.165) is 10.7 Å². The molecule has 0 radical (unpaired) electrons. The van der Waals surface area contributed by atoms with E-state index in [9.17, 15) is 9.59 Å². The number of nitrogens with one attached hydrogen (secondary N) is 1.